The average Bonchev–Trinajstić information content (AvgIpc) is 2.45. The van der Waals surface area contributed by atoms with Gasteiger partial charge in [0.2, 0.25) is 0 Å². The first-order valence-corrected chi connectivity index (χ1v) is 8.19. The number of para-hydroxylation sites is 1. The van der Waals surface area contributed by atoms with Crippen molar-refractivity contribution in [1.29, 1.82) is 0 Å². The van der Waals surface area contributed by atoms with Crippen LogP contribution in [-0.4, -0.2) is 6.61 Å². The largest absolute Gasteiger partial charge is 0.494 e. The Labute approximate surface area is 136 Å². The lowest BCUT2D eigenvalue weighted by Gasteiger charge is -2.12. The summed E-state index contributed by atoms with van der Waals surface area (Å²) in [6, 6.07) is 14.2. The van der Waals surface area contributed by atoms with E-state index in [9.17, 15) is 0 Å². The summed E-state index contributed by atoms with van der Waals surface area (Å²) in [5.41, 5.74) is 2.26. The number of nitrogens with one attached hydrogen (secondary N) is 1. The van der Waals surface area contributed by atoms with E-state index in [1.165, 1.54) is 5.56 Å². The van der Waals surface area contributed by atoms with Gasteiger partial charge in [-0.25, -0.2) is 0 Å². The maximum absolute atomic E-state index is 5.65. The first kappa shape index (κ1) is 15.4. The van der Waals surface area contributed by atoms with Crippen LogP contribution >= 0.6 is 31.9 Å². The van der Waals surface area contributed by atoms with E-state index in [2.05, 4.69) is 56.2 Å². The molecule has 0 aliphatic rings. The van der Waals surface area contributed by atoms with Crippen LogP contribution in [0.15, 0.2) is 51.4 Å². The molecule has 0 amide bonds. The van der Waals surface area contributed by atoms with Crippen LogP contribution in [0.1, 0.15) is 18.9 Å². The van der Waals surface area contributed by atoms with Crippen LogP contribution in [0, 0.1) is 0 Å². The van der Waals surface area contributed by atoms with Crippen molar-refractivity contribution in [3.8, 4) is 5.75 Å². The molecule has 0 aromatic heterocycles. The predicted octanol–water partition coefficient (Wildman–Crippen LogP) is 5.61. The van der Waals surface area contributed by atoms with Crippen LogP contribution < -0.4 is 10.1 Å². The Bertz CT molecular complexity index is 552. The van der Waals surface area contributed by atoms with E-state index in [0.717, 1.165) is 40.0 Å². The van der Waals surface area contributed by atoms with Crippen molar-refractivity contribution < 1.29 is 4.74 Å². The molecule has 2 aromatic rings. The van der Waals surface area contributed by atoms with E-state index in [-0.39, 0.29) is 0 Å². The average molecular weight is 399 g/mol. The molecule has 20 heavy (non-hydrogen) atoms. The fourth-order valence-electron chi connectivity index (χ4n) is 1.82. The number of benzene rings is 2. The Morgan fingerprint density at radius 1 is 1.05 bits per heavy atom. The number of halogens is 2. The summed E-state index contributed by atoms with van der Waals surface area (Å²) in [4.78, 5) is 0. The van der Waals surface area contributed by atoms with E-state index >= 15 is 0 Å². The van der Waals surface area contributed by atoms with Crippen LogP contribution in [0.4, 0.5) is 5.69 Å². The van der Waals surface area contributed by atoms with Gasteiger partial charge in [0.25, 0.3) is 0 Å². The summed E-state index contributed by atoms with van der Waals surface area (Å²) in [7, 11) is 0. The zero-order chi connectivity index (χ0) is 14.4. The zero-order valence-corrected chi connectivity index (χ0v) is 14.5. The standard InChI is InChI=1S/C16H17Br2NO/c1-2-9-20-13-6-3-5-12(10-13)11-19-16-14(17)7-4-8-15(16)18/h3-8,10,19H,2,9,11H2,1H3. The molecular weight excluding hydrogens is 382 g/mol. The highest BCUT2D eigenvalue weighted by Crippen LogP contribution is 2.31. The van der Waals surface area contributed by atoms with Gasteiger partial charge in [-0.1, -0.05) is 25.1 Å². The van der Waals surface area contributed by atoms with E-state index in [0.29, 0.717) is 0 Å². The van der Waals surface area contributed by atoms with Gasteiger partial charge in [-0.05, 0) is 68.1 Å². The van der Waals surface area contributed by atoms with E-state index < -0.39 is 0 Å². The van der Waals surface area contributed by atoms with Crippen LogP contribution in [0.3, 0.4) is 0 Å². The normalized spacial score (nSPS) is 10.3. The Morgan fingerprint density at radius 3 is 2.45 bits per heavy atom. The molecule has 0 bridgehead atoms. The summed E-state index contributed by atoms with van der Waals surface area (Å²) in [6.45, 7) is 3.62. The molecule has 1 N–H and O–H groups in total. The Hall–Kier alpha value is -1.00. The molecule has 106 valence electrons. The van der Waals surface area contributed by atoms with Crippen LogP contribution in [-0.2, 0) is 6.54 Å². The Morgan fingerprint density at radius 2 is 1.75 bits per heavy atom. The minimum Gasteiger partial charge on any atom is -0.494 e. The zero-order valence-electron chi connectivity index (χ0n) is 11.3. The SMILES string of the molecule is CCCOc1cccc(CNc2c(Br)cccc2Br)c1. The summed E-state index contributed by atoms with van der Waals surface area (Å²) in [5.74, 6) is 0.928. The molecule has 0 aliphatic carbocycles. The third-order valence-electron chi connectivity index (χ3n) is 2.80. The second-order valence-corrected chi connectivity index (χ2v) is 6.15. The molecule has 0 saturated heterocycles. The number of rotatable bonds is 6. The van der Waals surface area contributed by atoms with Crippen molar-refractivity contribution in [3.05, 3.63) is 57.0 Å². The van der Waals surface area contributed by atoms with Crippen LogP contribution in [0.25, 0.3) is 0 Å². The van der Waals surface area contributed by atoms with Crippen molar-refractivity contribution in [2.45, 2.75) is 19.9 Å². The van der Waals surface area contributed by atoms with Gasteiger partial charge < -0.3 is 10.1 Å². The van der Waals surface area contributed by atoms with Gasteiger partial charge >= 0.3 is 0 Å². The first-order chi connectivity index (χ1) is 9.70. The minimum atomic E-state index is 0.755. The quantitative estimate of drug-likeness (QED) is 0.682. The van der Waals surface area contributed by atoms with Crippen molar-refractivity contribution in [2.75, 3.05) is 11.9 Å². The smallest absolute Gasteiger partial charge is 0.119 e. The molecule has 0 fully saturated rings. The third-order valence-corrected chi connectivity index (χ3v) is 4.13. The minimum absolute atomic E-state index is 0.755. The number of hydrogen-bond acceptors (Lipinski definition) is 2. The molecule has 0 aliphatic heterocycles. The van der Waals surface area contributed by atoms with Gasteiger partial charge in [-0.3, -0.25) is 0 Å². The van der Waals surface area contributed by atoms with E-state index in [4.69, 9.17) is 4.74 Å². The summed E-state index contributed by atoms with van der Waals surface area (Å²) >= 11 is 7.10. The van der Waals surface area contributed by atoms with Gasteiger partial charge in [0.1, 0.15) is 5.75 Å². The predicted molar refractivity (Wildman–Crippen MR) is 91.4 cm³/mol. The highest BCUT2D eigenvalue weighted by Gasteiger charge is 2.04. The van der Waals surface area contributed by atoms with Gasteiger partial charge in [-0.2, -0.15) is 0 Å². The van der Waals surface area contributed by atoms with Crippen molar-refractivity contribution in [3.63, 3.8) is 0 Å². The fraction of sp³-hybridized carbons (Fsp3) is 0.250. The lowest BCUT2D eigenvalue weighted by molar-refractivity contribution is 0.317. The van der Waals surface area contributed by atoms with Crippen LogP contribution in [0.5, 0.6) is 5.75 Å². The van der Waals surface area contributed by atoms with Crippen LogP contribution in [0.2, 0.25) is 0 Å². The molecule has 0 radical (unpaired) electrons. The molecule has 2 rings (SSSR count). The molecule has 2 nitrogen and oxygen atoms in total. The lowest BCUT2D eigenvalue weighted by Crippen LogP contribution is -2.02. The fourth-order valence-corrected chi connectivity index (χ4v) is 3.10. The van der Waals surface area contributed by atoms with Gasteiger partial charge in [-0.15, -0.1) is 0 Å². The van der Waals surface area contributed by atoms with Gasteiger partial charge in [0.15, 0.2) is 0 Å². The molecule has 0 atom stereocenters. The Kier molecular flexibility index (Phi) is 5.92. The summed E-state index contributed by atoms with van der Waals surface area (Å²) in [6.07, 6.45) is 1.02. The highest BCUT2D eigenvalue weighted by molar-refractivity contribution is 9.11. The van der Waals surface area contributed by atoms with Gasteiger partial charge in [0, 0.05) is 15.5 Å². The second kappa shape index (κ2) is 7.70. The maximum atomic E-state index is 5.65. The van der Waals surface area contributed by atoms with Gasteiger partial charge in [0.05, 0.1) is 12.3 Å². The van der Waals surface area contributed by atoms with Crippen molar-refractivity contribution in [1.82, 2.24) is 0 Å². The first-order valence-electron chi connectivity index (χ1n) is 6.60. The van der Waals surface area contributed by atoms with Crippen molar-refractivity contribution >= 4 is 37.5 Å². The number of hydrogen-bond donors (Lipinski definition) is 1. The maximum Gasteiger partial charge on any atom is 0.119 e. The topological polar surface area (TPSA) is 21.3 Å². The third kappa shape index (κ3) is 4.25. The number of anilines is 1. The highest BCUT2D eigenvalue weighted by atomic mass is 79.9. The molecular formula is C16H17Br2NO. The van der Waals surface area contributed by atoms with E-state index in [1.807, 2.05) is 30.3 Å². The molecule has 0 heterocycles. The molecule has 0 saturated carbocycles. The summed E-state index contributed by atoms with van der Waals surface area (Å²) < 4.78 is 7.74. The molecule has 0 unspecified atom stereocenters. The second-order valence-electron chi connectivity index (χ2n) is 4.45. The molecule has 2 aromatic carbocycles. The van der Waals surface area contributed by atoms with E-state index in [1.54, 1.807) is 0 Å². The molecule has 0 spiro atoms. The lowest BCUT2D eigenvalue weighted by atomic mass is 10.2. The molecule has 4 heteroatoms. The Balaban J connectivity index is 2.03. The monoisotopic (exact) mass is 397 g/mol. The van der Waals surface area contributed by atoms with Crippen molar-refractivity contribution in [2.24, 2.45) is 0 Å². The number of ether oxygens (including phenoxy) is 1. The summed E-state index contributed by atoms with van der Waals surface area (Å²) in [5, 5.41) is 3.43.